The second-order valence-electron chi connectivity index (χ2n) is 16.2. The fraction of sp³-hybridized carbons (Fsp3) is 1.00. The number of hydrogen-bond donors (Lipinski definition) is 0. The van der Waals surface area contributed by atoms with Gasteiger partial charge in [0.1, 0.15) is 0 Å². The van der Waals surface area contributed by atoms with Crippen molar-refractivity contribution in [3.63, 3.8) is 0 Å². The third-order valence-electron chi connectivity index (χ3n) is 12.0. The van der Waals surface area contributed by atoms with E-state index < -0.39 is 34.2 Å². The predicted octanol–water partition coefficient (Wildman–Crippen LogP) is 7.26. The van der Waals surface area contributed by atoms with Gasteiger partial charge in [0, 0.05) is 19.3 Å². The maximum atomic E-state index is 7.54. The minimum absolute atomic E-state index is 0.512. The quantitative estimate of drug-likeness (QED) is 0.114. The Morgan fingerprint density at radius 3 is 1.14 bits per heavy atom. The lowest BCUT2D eigenvalue weighted by molar-refractivity contribution is 0.150. The Bertz CT molecular complexity index is 959. The van der Waals surface area contributed by atoms with Crippen molar-refractivity contribution in [3.8, 4) is 0 Å². The summed E-state index contributed by atoms with van der Waals surface area (Å²) >= 11 is 0. The summed E-state index contributed by atoms with van der Waals surface area (Å²) in [6, 6.07) is 3.91. The summed E-state index contributed by atoms with van der Waals surface area (Å²) in [4.78, 5) is 0. The largest absolute Gasteiger partial charge is 0.416 e. The summed E-state index contributed by atoms with van der Waals surface area (Å²) < 4.78 is 53.5. The third-order valence-corrected chi connectivity index (χ3v) is 30.5. The highest BCUT2D eigenvalue weighted by atomic mass is 28.5. The SMILES string of the molecule is CCOCC[Si]1(C)O[Si](C)(CCC2CCC3OC3C2)O[Si](C)(CCC2CCC3OC3C2)O[Si](C)(CCC2CCC3OC3C2)O1. The van der Waals surface area contributed by atoms with E-state index in [1.54, 1.807) is 0 Å². The first-order valence-electron chi connectivity index (χ1n) is 18.4. The number of epoxide rings is 3. The molecule has 0 N–H and O–H groups in total. The highest BCUT2D eigenvalue weighted by Gasteiger charge is 2.57. The molecule has 7 rings (SSSR count). The maximum absolute atomic E-state index is 7.54. The molecule has 7 aliphatic rings. The van der Waals surface area contributed by atoms with Gasteiger partial charge in [0.05, 0.1) is 36.6 Å². The molecular formula is C32H60O8Si4. The van der Waals surface area contributed by atoms with Crippen LogP contribution < -0.4 is 0 Å². The van der Waals surface area contributed by atoms with E-state index in [-0.39, 0.29) is 0 Å². The van der Waals surface area contributed by atoms with Gasteiger partial charge in [0.25, 0.3) is 0 Å². The lowest BCUT2D eigenvalue weighted by Crippen LogP contribution is -2.67. The average Bonchev–Trinajstić information content (AvgIpc) is 3.85. The van der Waals surface area contributed by atoms with E-state index in [0.29, 0.717) is 55.1 Å². The summed E-state index contributed by atoms with van der Waals surface area (Å²) in [6.45, 7) is 12.8. The molecule has 11 atom stereocenters. The van der Waals surface area contributed by atoms with E-state index in [0.717, 1.165) is 36.7 Å². The maximum Gasteiger partial charge on any atom is 0.319 e. The van der Waals surface area contributed by atoms with Crippen LogP contribution in [-0.4, -0.2) is 84.1 Å². The molecule has 4 saturated heterocycles. The van der Waals surface area contributed by atoms with Crippen molar-refractivity contribution in [2.24, 2.45) is 17.8 Å². The first-order chi connectivity index (χ1) is 21.0. The van der Waals surface area contributed by atoms with E-state index >= 15 is 0 Å². The molecule has 0 aromatic rings. The zero-order valence-corrected chi connectivity index (χ0v) is 32.2. The first kappa shape index (κ1) is 33.1. The van der Waals surface area contributed by atoms with Gasteiger partial charge in [-0.25, -0.2) is 0 Å². The van der Waals surface area contributed by atoms with Crippen molar-refractivity contribution >= 4 is 34.2 Å². The summed E-state index contributed by atoms with van der Waals surface area (Å²) in [5.74, 6) is 2.15. The molecule has 0 aromatic carbocycles. The Morgan fingerprint density at radius 1 is 0.477 bits per heavy atom. The Labute approximate surface area is 270 Å². The van der Waals surface area contributed by atoms with Crippen LogP contribution in [0.4, 0.5) is 0 Å². The molecule has 8 nitrogen and oxygen atoms in total. The normalized spacial score (nSPS) is 51.3. The fourth-order valence-corrected chi connectivity index (χ4v) is 32.7. The molecule has 3 aliphatic carbocycles. The summed E-state index contributed by atoms with van der Waals surface area (Å²) in [6.07, 6.45) is 17.8. The van der Waals surface area contributed by atoms with Crippen LogP contribution in [0.1, 0.15) is 84.0 Å². The molecule has 0 amide bonds. The van der Waals surface area contributed by atoms with E-state index in [1.165, 1.54) is 77.0 Å². The van der Waals surface area contributed by atoms with Gasteiger partial charge in [-0.1, -0.05) is 0 Å². The zero-order chi connectivity index (χ0) is 30.6. The molecule has 4 aliphatic heterocycles. The van der Waals surface area contributed by atoms with Crippen molar-refractivity contribution in [2.75, 3.05) is 13.2 Å². The first-order valence-corrected chi connectivity index (χ1v) is 28.5. The lowest BCUT2D eigenvalue weighted by atomic mass is 9.88. The molecule has 0 bridgehead atoms. The molecule has 0 aromatic heterocycles. The molecular weight excluding hydrogens is 625 g/mol. The van der Waals surface area contributed by atoms with E-state index in [9.17, 15) is 0 Å². The van der Waals surface area contributed by atoms with Crippen LogP contribution in [-0.2, 0) is 35.4 Å². The van der Waals surface area contributed by atoms with Crippen LogP contribution in [0, 0.1) is 17.8 Å². The van der Waals surface area contributed by atoms with Gasteiger partial charge in [0.15, 0.2) is 0 Å². The number of hydrogen-bond acceptors (Lipinski definition) is 8. The van der Waals surface area contributed by atoms with Crippen LogP contribution in [0.2, 0.25) is 50.4 Å². The number of fused-ring (bicyclic) bond motifs is 3. The highest BCUT2D eigenvalue weighted by Crippen LogP contribution is 2.47. The highest BCUT2D eigenvalue weighted by molar-refractivity contribution is 6.93. The zero-order valence-electron chi connectivity index (χ0n) is 28.2. The molecule has 0 spiro atoms. The van der Waals surface area contributed by atoms with Gasteiger partial charge >= 0.3 is 34.2 Å². The van der Waals surface area contributed by atoms with Crippen molar-refractivity contribution in [2.45, 2.75) is 171 Å². The van der Waals surface area contributed by atoms with Crippen LogP contribution in [0.3, 0.4) is 0 Å². The van der Waals surface area contributed by atoms with E-state index in [4.69, 9.17) is 35.4 Å². The molecule has 4 heterocycles. The topological polar surface area (TPSA) is 83.7 Å². The molecule has 11 unspecified atom stereocenters. The molecule has 12 heteroatoms. The van der Waals surface area contributed by atoms with Gasteiger partial charge < -0.3 is 35.4 Å². The second kappa shape index (κ2) is 13.1. The third kappa shape index (κ3) is 8.39. The van der Waals surface area contributed by atoms with Gasteiger partial charge in [-0.2, -0.15) is 0 Å². The van der Waals surface area contributed by atoms with Gasteiger partial charge in [-0.05, 0) is 146 Å². The molecule has 3 saturated carbocycles. The molecule has 7 fully saturated rings. The van der Waals surface area contributed by atoms with E-state index in [2.05, 4.69) is 33.1 Å². The molecule has 252 valence electrons. The van der Waals surface area contributed by atoms with Crippen molar-refractivity contribution < 1.29 is 35.4 Å². The minimum atomic E-state index is -2.63. The fourth-order valence-electron chi connectivity index (χ4n) is 9.37. The van der Waals surface area contributed by atoms with Crippen molar-refractivity contribution in [1.82, 2.24) is 0 Å². The van der Waals surface area contributed by atoms with Gasteiger partial charge in [-0.3, -0.25) is 0 Å². The molecule has 44 heavy (non-hydrogen) atoms. The Balaban J connectivity index is 1.08. The predicted molar refractivity (Wildman–Crippen MR) is 178 cm³/mol. The van der Waals surface area contributed by atoms with Crippen molar-refractivity contribution in [3.05, 3.63) is 0 Å². The van der Waals surface area contributed by atoms with Crippen LogP contribution >= 0.6 is 0 Å². The second-order valence-corrected chi connectivity index (χ2v) is 30.5. The minimum Gasteiger partial charge on any atom is -0.416 e. The van der Waals surface area contributed by atoms with Crippen LogP contribution in [0.5, 0.6) is 0 Å². The summed E-state index contributed by atoms with van der Waals surface area (Å²) in [5.41, 5.74) is 0. The standard InChI is InChI=1S/C32H60O8Si4/c1-6-33-16-20-44(5)39-42(3,18-14-25-8-11-28-31(22-25)35-28)37-41(2,17-13-24-7-10-27-30(21-24)34-27)38-43(4,40-44)19-15-26-9-12-29-32(23-26)36-29/h24-32H,6-23H2,1-5H3. The van der Waals surface area contributed by atoms with Gasteiger partial charge in [0.2, 0.25) is 0 Å². The Hall–Kier alpha value is 0.548. The van der Waals surface area contributed by atoms with Crippen LogP contribution in [0.25, 0.3) is 0 Å². The summed E-state index contributed by atoms with van der Waals surface area (Å²) in [7, 11) is -10.4. The molecule has 0 radical (unpaired) electrons. The summed E-state index contributed by atoms with van der Waals surface area (Å²) in [5, 5.41) is 0. The van der Waals surface area contributed by atoms with Crippen LogP contribution in [0.15, 0.2) is 0 Å². The smallest absolute Gasteiger partial charge is 0.319 e. The van der Waals surface area contributed by atoms with E-state index in [1.807, 2.05) is 0 Å². The average molecular weight is 685 g/mol. The lowest BCUT2D eigenvalue weighted by Gasteiger charge is -2.51. The monoisotopic (exact) mass is 684 g/mol. The number of rotatable bonds is 13. The Morgan fingerprint density at radius 2 is 0.818 bits per heavy atom. The van der Waals surface area contributed by atoms with Crippen molar-refractivity contribution in [1.29, 1.82) is 0 Å². The van der Waals surface area contributed by atoms with Gasteiger partial charge in [-0.15, -0.1) is 0 Å². The number of ether oxygens (including phenoxy) is 4. The Kier molecular flexibility index (Phi) is 9.85.